The molecule has 13 heteroatoms. The Labute approximate surface area is 156 Å². The molecule has 2 rings (SSSR count). The highest BCUT2D eigenvalue weighted by Crippen LogP contribution is 2.21. The summed E-state index contributed by atoms with van der Waals surface area (Å²) in [6, 6.07) is 3.46. The molecule has 0 radical (unpaired) electrons. The van der Waals surface area contributed by atoms with Crippen LogP contribution in [0.2, 0.25) is 0 Å². The van der Waals surface area contributed by atoms with E-state index in [9.17, 15) is 39.6 Å². The number of carbonyl (C=O) groups excluding carboxylic acids is 1. The molecule has 1 saturated heterocycles. The van der Waals surface area contributed by atoms with Crippen molar-refractivity contribution in [3.8, 4) is 0 Å². The molecule has 0 saturated carbocycles. The number of rotatable bonds is 6. The molecule has 1 aliphatic rings. The number of amides is 1. The van der Waals surface area contributed by atoms with Gasteiger partial charge >= 0.3 is 12.4 Å². The van der Waals surface area contributed by atoms with Gasteiger partial charge in [-0.1, -0.05) is 0 Å². The summed E-state index contributed by atoms with van der Waals surface area (Å²) >= 11 is 0. The van der Waals surface area contributed by atoms with E-state index in [1.807, 2.05) is 0 Å². The average molecular weight is 433 g/mol. The molecule has 0 bridgehead atoms. The zero-order valence-corrected chi connectivity index (χ0v) is 15.1. The Morgan fingerprint density at radius 1 is 1.07 bits per heavy atom. The van der Waals surface area contributed by atoms with Gasteiger partial charge in [0.15, 0.2) is 0 Å². The topological polar surface area (TPSA) is 78.5 Å². The normalized spacial score (nSPS) is 19.0. The second kappa shape index (κ2) is 8.25. The van der Waals surface area contributed by atoms with Crippen LogP contribution in [0.1, 0.15) is 16.8 Å². The fourth-order valence-corrected chi connectivity index (χ4v) is 3.94. The van der Waals surface area contributed by atoms with Gasteiger partial charge in [0.25, 0.3) is 5.91 Å². The number of hydrogen-bond acceptors (Lipinski definition) is 4. The Balaban J connectivity index is 1.96. The molecule has 6 nitrogen and oxygen atoms in total. The van der Waals surface area contributed by atoms with Crippen molar-refractivity contribution in [3.63, 3.8) is 0 Å². The van der Waals surface area contributed by atoms with Crippen LogP contribution in [-0.2, 0) is 10.0 Å². The highest BCUT2D eigenvalue weighted by atomic mass is 32.2. The van der Waals surface area contributed by atoms with Crippen LogP contribution in [0.4, 0.5) is 26.3 Å². The van der Waals surface area contributed by atoms with Gasteiger partial charge in [0.2, 0.25) is 10.0 Å². The summed E-state index contributed by atoms with van der Waals surface area (Å²) in [5.41, 5.74) is -0.166. The number of carbonyl (C=O) groups is 1. The van der Waals surface area contributed by atoms with Crippen LogP contribution in [0.25, 0.3) is 0 Å². The summed E-state index contributed by atoms with van der Waals surface area (Å²) in [6.45, 7) is -2.67. The van der Waals surface area contributed by atoms with E-state index < -0.39 is 47.4 Å². The lowest BCUT2D eigenvalue weighted by Crippen LogP contribution is -2.39. The van der Waals surface area contributed by atoms with E-state index in [-0.39, 0.29) is 30.0 Å². The summed E-state index contributed by atoms with van der Waals surface area (Å²) in [4.78, 5) is 12.4. The Morgan fingerprint density at radius 2 is 1.68 bits per heavy atom. The molecule has 1 aromatic rings. The predicted molar refractivity (Wildman–Crippen MR) is 86.1 cm³/mol. The number of nitrogens with zero attached hydrogens (tertiary/aromatic N) is 1. The van der Waals surface area contributed by atoms with Crippen LogP contribution in [0.5, 0.6) is 0 Å². The summed E-state index contributed by atoms with van der Waals surface area (Å²) < 4.78 is 100. The van der Waals surface area contributed by atoms with Gasteiger partial charge < -0.3 is 5.32 Å². The molecule has 1 aliphatic heterocycles. The molecular weight excluding hydrogens is 416 g/mol. The quantitative estimate of drug-likeness (QED) is 0.672. The molecule has 28 heavy (non-hydrogen) atoms. The second-order valence-corrected chi connectivity index (χ2v) is 7.99. The Kier molecular flexibility index (Phi) is 6.61. The minimum Gasteiger partial charge on any atom is -0.343 e. The highest BCUT2D eigenvalue weighted by molar-refractivity contribution is 7.89. The standard InChI is InChI=1S/C15H17F6N3O3S/c16-14(17,18)8-22-13(25)10-1-3-12(4-2-10)28(26,27)23-11-5-6-24(7-11)9-15(19,20)21/h1-4,11,23H,5-9H2,(H,22,25). The number of likely N-dealkylation sites (tertiary alicyclic amines) is 1. The van der Waals surface area contributed by atoms with Gasteiger partial charge in [-0.05, 0) is 30.7 Å². The van der Waals surface area contributed by atoms with Crippen LogP contribution < -0.4 is 10.0 Å². The first kappa shape index (κ1) is 22.4. The molecule has 0 aliphatic carbocycles. The summed E-state index contributed by atoms with van der Waals surface area (Å²) in [6.07, 6.45) is -8.76. The molecule has 1 unspecified atom stereocenters. The molecule has 2 N–H and O–H groups in total. The van der Waals surface area contributed by atoms with E-state index >= 15 is 0 Å². The maximum Gasteiger partial charge on any atom is 0.405 e. The number of sulfonamides is 1. The maximum absolute atomic E-state index is 12.4. The van der Waals surface area contributed by atoms with Gasteiger partial charge in [0, 0.05) is 24.7 Å². The molecule has 158 valence electrons. The Hall–Kier alpha value is -1.86. The molecule has 1 amide bonds. The third-order valence-electron chi connectivity index (χ3n) is 3.87. The fraction of sp³-hybridized carbons (Fsp3) is 0.533. The van der Waals surface area contributed by atoms with Gasteiger partial charge in [-0.2, -0.15) is 26.3 Å². The average Bonchev–Trinajstić information content (AvgIpc) is 2.96. The highest BCUT2D eigenvalue weighted by Gasteiger charge is 2.35. The fourth-order valence-electron chi connectivity index (χ4n) is 2.68. The first-order chi connectivity index (χ1) is 12.8. The summed E-state index contributed by atoms with van der Waals surface area (Å²) in [5.74, 6) is -1.02. The lowest BCUT2D eigenvalue weighted by molar-refractivity contribution is -0.143. The maximum atomic E-state index is 12.4. The van der Waals surface area contributed by atoms with Crippen LogP contribution in [0.15, 0.2) is 29.2 Å². The zero-order valence-electron chi connectivity index (χ0n) is 14.3. The van der Waals surface area contributed by atoms with Crippen LogP contribution in [-0.4, -0.2) is 63.8 Å². The summed E-state index contributed by atoms with van der Waals surface area (Å²) in [5, 5.41) is 1.65. The van der Waals surface area contributed by atoms with Gasteiger partial charge in [-0.3, -0.25) is 9.69 Å². The van der Waals surface area contributed by atoms with Crippen molar-refractivity contribution in [2.45, 2.75) is 29.7 Å². The predicted octanol–water partition coefficient (Wildman–Crippen LogP) is 1.89. The number of benzene rings is 1. The second-order valence-electron chi connectivity index (χ2n) is 6.28. The van der Waals surface area contributed by atoms with Crippen molar-refractivity contribution in [2.24, 2.45) is 0 Å². The van der Waals surface area contributed by atoms with Crippen LogP contribution in [0.3, 0.4) is 0 Å². The van der Waals surface area contributed by atoms with Crippen LogP contribution >= 0.6 is 0 Å². The minimum atomic E-state index is -4.58. The van der Waals surface area contributed by atoms with E-state index in [4.69, 9.17) is 0 Å². The molecule has 1 atom stereocenters. The van der Waals surface area contributed by atoms with Crippen molar-refractivity contribution in [1.82, 2.24) is 14.9 Å². The largest absolute Gasteiger partial charge is 0.405 e. The Bertz CT molecular complexity index is 793. The number of alkyl halides is 6. The lowest BCUT2D eigenvalue weighted by atomic mass is 10.2. The summed E-state index contributed by atoms with van der Waals surface area (Å²) in [7, 11) is -4.06. The van der Waals surface area contributed by atoms with Gasteiger partial charge in [0.1, 0.15) is 6.54 Å². The van der Waals surface area contributed by atoms with E-state index in [1.54, 1.807) is 5.32 Å². The van der Waals surface area contributed by atoms with E-state index in [1.165, 1.54) is 0 Å². The van der Waals surface area contributed by atoms with Crippen molar-refractivity contribution in [1.29, 1.82) is 0 Å². The van der Waals surface area contributed by atoms with E-state index in [0.717, 1.165) is 29.2 Å². The van der Waals surface area contributed by atoms with E-state index in [0.29, 0.717) is 0 Å². The molecule has 1 aromatic carbocycles. The number of hydrogen-bond donors (Lipinski definition) is 2. The molecular formula is C15H17F6N3O3S. The molecule has 1 fully saturated rings. The van der Waals surface area contributed by atoms with Gasteiger partial charge in [-0.15, -0.1) is 0 Å². The zero-order chi connectivity index (χ0) is 21.2. The molecule has 0 aromatic heterocycles. The smallest absolute Gasteiger partial charge is 0.343 e. The van der Waals surface area contributed by atoms with Gasteiger partial charge in [-0.25, -0.2) is 13.1 Å². The van der Waals surface area contributed by atoms with Crippen LogP contribution in [0, 0.1) is 0 Å². The molecule has 1 heterocycles. The van der Waals surface area contributed by atoms with Crippen molar-refractivity contribution in [3.05, 3.63) is 29.8 Å². The SMILES string of the molecule is O=C(NCC(F)(F)F)c1ccc(S(=O)(=O)NC2CCN(CC(F)(F)F)C2)cc1. The first-order valence-electron chi connectivity index (χ1n) is 8.02. The minimum absolute atomic E-state index is 0.0883. The van der Waals surface area contributed by atoms with Crippen molar-refractivity contribution >= 4 is 15.9 Å². The number of nitrogens with one attached hydrogen (secondary N) is 2. The lowest BCUT2D eigenvalue weighted by Gasteiger charge is -2.18. The number of halogens is 6. The molecule has 0 spiro atoms. The monoisotopic (exact) mass is 433 g/mol. The third kappa shape index (κ3) is 6.95. The van der Waals surface area contributed by atoms with Gasteiger partial charge in [0.05, 0.1) is 11.4 Å². The van der Waals surface area contributed by atoms with E-state index in [2.05, 4.69) is 4.72 Å². The first-order valence-corrected chi connectivity index (χ1v) is 9.50. The van der Waals surface area contributed by atoms with Crippen molar-refractivity contribution < 1.29 is 39.6 Å². The third-order valence-corrected chi connectivity index (χ3v) is 5.41. The van der Waals surface area contributed by atoms with Crippen molar-refractivity contribution in [2.75, 3.05) is 26.2 Å². The Morgan fingerprint density at radius 3 is 2.21 bits per heavy atom.